The summed E-state index contributed by atoms with van der Waals surface area (Å²) < 4.78 is 19.3. The van der Waals surface area contributed by atoms with Crippen LogP contribution in [0.3, 0.4) is 0 Å². The van der Waals surface area contributed by atoms with Gasteiger partial charge in [0.1, 0.15) is 18.1 Å². The van der Waals surface area contributed by atoms with Crippen molar-refractivity contribution in [1.29, 1.82) is 0 Å². The van der Waals surface area contributed by atoms with Crippen LogP contribution in [0, 0.1) is 0 Å². The molecule has 1 fully saturated rings. The Morgan fingerprint density at radius 1 is 1.12 bits per heavy atom. The van der Waals surface area contributed by atoms with E-state index < -0.39 is 0 Å². The average Bonchev–Trinajstić information content (AvgIpc) is 3.44. The molecule has 0 spiro atoms. The van der Waals surface area contributed by atoms with E-state index in [4.69, 9.17) is 19.3 Å². The van der Waals surface area contributed by atoms with Crippen LogP contribution in [0.4, 0.5) is 4.79 Å². The Hall–Kier alpha value is -3.07. The minimum Gasteiger partial charge on any atom is -0.487 e. The van der Waals surface area contributed by atoms with Crippen LogP contribution in [0.1, 0.15) is 37.6 Å². The molecule has 1 amide bonds. The third-order valence-corrected chi connectivity index (χ3v) is 6.25. The van der Waals surface area contributed by atoms with E-state index in [1.807, 2.05) is 54.1 Å². The highest BCUT2D eigenvalue weighted by molar-refractivity contribution is 9.10. The summed E-state index contributed by atoms with van der Waals surface area (Å²) in [6.07, 6.45) is 0.663. The van der Waals surface area contributed by atoms with Crippen LogP contribution in [-0.2, 0) is 27.3 Å². The molecule has 8 nitrogen and oxygen atoms in total. The quantitative estimate of drug-likeness (QED) is 0.386. The highest BCUT2D eigenvalue weighted by Gasteiger charge is 2.30. The molecule has 1 atom stereocenters. The standard InChI is InChI=1S/C25H28BrN3O5/c1-3-32-24(30)13-17-7-5-6-8-23(17)34-16-21-20-14-18(26)9-10-22(20)29(27-21)19-11-12-28(15-19)25(31)33-4-2/h5-10,14,19H,3-4,11-13,15-16H2,1-2H3/t19-/m0/s1. The minimum absolute atomic E-state index is 0.0536. The second kappa shape index (κ2) is 10.9. The fraction of sp³-hybridized carbons (Fsp3) is 0.400. The number of halogens is 1. The summed E-state index contributed by atoms with van der Waals surface area (Å²) in [6, 6.07) is 13.5. The van der Waals surface area contributed by atoms with Crippen LogP contribution in [0.25, 0.3) is 10.9 Å². The van der Waals surface area contributed by atoms with Gasteiger partial charge in [-0.1, -0.05) is 34.1 Å². The third-order valence-electron chi connectivity index (χ3n) is 5.76. The van der Waals surface area contributed by atoms with Crippen LogP contribution in [0.2, 0.25) is 0 Å². The van der Waals surface area contributed by atoms with E-state index in [-0.39, 0.29) is 31.1 Å². The van der Waals surface area contributed by atoms with Crippen molar-refractivity contribution in [2.24, 2.45) is 0 Å². The third kappa shape index (κ3) is 5.35. The lowest BCUT2D eigenvalue weighted by molar-refractivity contribution is -0.142. The summed E-state index contributed by atoms with van der Waals surface area (Å²) >= 11 is 3.56. The van der Waals surface area contributed by atoms with Crippen LogP contribution in [-0.4, -0.2) is 53.0 Å². The molecule has 180 valence electrons. The highest BCUT2D eigenvalue weighted by Crippen LogP contribution is 2.31. The fourth-order valence-corrected chi connectivity index (χ4v) is 4.55. The van der Waals surface area contributed by atoms with Crippen molar-refractivity contribution >= 4 is 38.9 Å². The van der Waals surface area contributed by atoms with Gasteiger partial charge in [-0.2, -0.15) is 5.10 Å². The lowest BCUT2D eigenvalue weighted by Gasteiger charge is -2.16. The van der Waals surface area contributed by atoms with Gasteiger partial charge in [-0.05, 0) is 44.5 Å². The first-order valence-corrected chi connectivity index (χ1v) is 12.2. The number of esters is 1. The van der Waals surface area contributed by atoms with Crippen molar-refractivity contribution in [1.82, 2.24) is 14.7 Å². The van der Waals surface area contributed by atoms with Gasteiger partial charge in [-0.25, -0.2) is 4.79 Å². The number of hydrogen-bond donors (Lipinski definition) is 0. The molecule has 2 heterocycles. The number of likely N-dealkylation sites (tertiary alicyclic amines) is 1. The number of aromatic nitrogens is 2. The van der Waals surface area contributed by atoms with E-state index in [1.54, 1.807) is 11.8 Å². The summed E-state index contributed by atoms with van der Waals surface area (Å²) in [4.78, 5) is 25.9. The Bertz CT molecular complexity index is 1180. The zero-order chi connectivity index (χ0) is 24.1. The van der Waals surface area contributed by atoms with E-state index in [9.17, 15) is 9.59 Å². The first-order valence-electron chi connectivity index (χ1n) is 11.4. The molecule has 0 N–H and O–H groups in total. The molecule has 0 bridgehead atoms. The monoisotopic (exact) mass is 529 g/mol. The molecule has 0 radical (unpaired) electrons. The second-order valence-electron chi connectivity index (χ2n) is 8.02. The molecular formula is C25H28BrN3O5. The molecule has 4 rings (SSSR count). The van der Waals surface area contributed by atoms with Gasteiger partial charge in [-0.15, -0.1) is 0 Å². The van der Waals surface area contributed by atoms with Crippen LogP contribution in [0.15, 0.2) is 46.9 Å². The van der Waals surface area contributed by atoms with Gasteiger partial charge in [-0.3, -0.25) is 9.48 Å². The van der Waals surface area contributed by atoms with Crippen molar-refractivity contribution in [3.63, 3.8) is 0 Å². The summed E-state index contributed by atoms with van der Waals surface area (Å²) in [5.41, 5.74) is 2.54. The highest BCUT2D eigenvalue weighted by atomic mass is 79.9. The fourth-order valence-electron chi connectivity index (χ4n) is 4.19. The van der Waals surface area contributed by atoms with Gasteiger partial charge in [0, 0.05) is 28.5 Å². The lowest BCUT2D eigenvalue weighted by atomic mass is 10.1. The van der Waals surface area contributed by atoms with E-state index in [1.165, 1.54) is 0 Å². The molecule has 0 saturated carbocycles. The molecular weight excluding hydrogens is 502 g/mol. The van der Waals surface area contributed by atoms with Crippen molar-refractivity contribution in [2.45, 2.75) is 39.3 Å². The molecule has 3 aromatic rings. The smallest absolute Gasteiger partial charge is 0.409 e. The van der Waals surface area contributed by atoms with Gasteiger partial charge in [0.15, 0.2) is 0 Å². The molecule has 1 aliphatic rings. The predicted molar refractivity (Wildman–Crippen MR) is 131 cm³/mol. The lowest BCUT2D eigenvalue weighted by Crippen LogP contribution is -2.29. The van der Waals surface area contributed by atoms with Gasteiger partial charge in [0.05, 0.1) is 31.2 Å². The van der Waals surface area contributed by atoms with Crippen LogP contribution in [0.5, 0.6) is 5.75 Å². The molecule has 0 aliphatic carbocycles. The normalized spacial score (nSPS) is 15.5. The van der Waals surface area contributed by atoms with E-state index in [2.05, 4.69) is 15.9 Å². The maximum atomic E-state index is 12.2. The Kier molecular flexibility index (Phi) is 7.72. The van der Waals surface area contributed by atoms with Crippen LogP contribution >= 0.6 is 15.9 Å². The zero-order valence-electron chi connectivity index (χ0n) is 19.3. The molecule has 1 aliphatic heterocycles. The average molecular weight is 530 g/mol. The minimum atomic E-state index is -0.287. The topological polar surface area (TPSA) is 82.9 Å². The predicted octanol–water partition coefficient (Wildman–Crippen LogP) is 4.89. The number of para-hydroxylation sites is 1. The van der Waals surface area contributed by atoms with E-state index >= 15 is 0 Å². The van der Waals surface area contributed by atoms with Gasteiger partial charge in [0.25, 0.3) is 0 Å². The number of ether oxygens (including phenoxy) is 3. The number of hydrogen-bond acceptors (Lipinski definition) is 6. The Labute approximate surface area is 206 Å². The number of amides is 1. The first kappa shape index (κ1) is 24.1. The number of carbonyl (C=O) groups excluding carboxylic acids is 2. The van der Waals surface area contributed by atoms with Crippen molar-refractivity contribution in [3.05, 3.63) is 58.2 Å². The molecule has 1 saturated heterocycles. The van der Waals surface area contributed by atoms with Crippen molar-refractivity contribution < 1.29 is 23.8 Å². The number of rotatable bonds is 8. The van der Waals surface area contributed by atoms with Gasteiger partial charge >= 0.3 is 12.1 Å². The van der Waals surface area contributed by atoms with Crippen molar-refractivity contribution in [2.75, 3.05) is 26.3 Å². The SMILES string of the molecule is CCOC(=O)Cc1ccccc1OCc1nn([C@H]2CCN(C(=O)OCC)C2)c2ccc(Br)cc12. The summed E-state index contributed by atoms with van der Waals surface area (Å²) in [7, 11) is 0. The van der Waals surface area contributed by atoms with Crippen LogP contribution < -0.4 is 4.74 Å². The molecule has 1 aromatic heterocycles. The number of carbonyl (C=O) groups is 2. The largest absolute Gasteiger partial charge is 0.487 e. The molecule has 34 heavy (non-hydrogen) atoms. The first-order chi connectivity index (χ1) is 16.5. The van der Waals surface area contributed by atoms with E-state index in [0.717, 1.165) is 33.1 Å². The Morgan fingerprint density at radius 2 is 1.91 bits per heavy atom. The van der Waals surface area contributed by atoms with Gasteiger partial charge in [0.2, 0.25) is 0 Å². The maximum Gasteiger partial charge on any atom is 0.409 e. The summed E-state index contributed by atoms with van der Waals surface area (Å²) in [6.45, 7) is 5.72. The summed E-state index contributed by atoms with van der Waals surface area (Å²) in [5, 5.41) is 5.87. The number of nitrogens with zero attached hydrogens (tertiary/aromatic N) is 3. The zero-order valence-corrected chi connectivity index (χ0v) is 20.9. The molecule has 2 aromatic carbocycles. The Morgan fingerprint density at radius 3 is 2.71 bits per heavy atom. The maximum absolute atomic E-state index is 12.2. The Balaban J connectivity index is 1.56. The molecule has 9 heteroatoms. The number of benzene rings is 2. The second-order valence-corrected chi connectivity index (χ2v) is 8.93. The molecule has 0 unspecified atom stereocenters. The number of fused-ring (bicyclic) bond motifs is 1. The van der Waals surface area contributed by atoms with Crippen molar-refractivity contribution in [3.8, 4) is 5.75 Å². The summed E-state index contributed by atoms with van der Waals surface area (Å²) in [5.74, 6) is 0.340. The van der Waals surface area contributed by atoms with E-state index in [0.29, 0.717) is 32.1 Å². The van der Waals surface area contributed by atoms with Gasteiger partial charge < -0.3 is 19.1 Å².